The van der Waals surface area contributed by atoms with Crippen molar-refractivity contribution in [3.8, 4) is 0 Å². The summed E-state index contributed by atoms with van der Waals surface area (Å²) in [5.74, 6) is 0.536. The number of benzene rings is 1. The van der Waals surface area contributed by atoms with Gasteiger partial charge < -0.3 is 5.73 Å². The summed E-state index contributed by atoms with van der Waals surface area (Å²) in [5, 5.41) is 0. The Morgan fingerprint density at radius 3 is 2.37 bits per heavy atom. The van der Waals surface area contributed by atoms with E-state index in [1.165, 1.54) is 18.9 Å². The molecule has 0 saturated carbocycles. The number of hydrogen-bond acceptors (Lipinski definition) is 2. The first kappa shape index (κ1) is 16.1. The smallest absolute Gasteiger partial charge is 0.123 e. The highest BCUT2D eigenvalue weighted by molar-refractivity contribution is 5.27. The maximum atomic E-state index is 13.2. The van der Waals surface area contributed by atoms with E-state index in [-0.39, 0.29) is 5.82 Å². The molecule has 108 valence electrons. The van der Waals surface area contributed by atoms with E-state index in [1.54, 1.807) is 6.07 Å². The van der Waals surface area contributed by atoms with Crippen LogP contribution in [0.2, 0.25) is 0 Å². The molecular weight excluding hydrogens is 239 g/mol. The van der Waals surface area contributed by atoms with E-state index in [1.807, 2.05) is 6.07 Å². The lowest BCUT2D eigenvalue weighted by molar-refractivity contribution is 0.225. The average molecular weight is 266 g/mol. The number of rotatable bonds is 8. The first-order valence-corrected chi connectivity index (χ1v) is 7.34. The molecule has 0 atom stereocenters. The van der Waals surface area contributed by atoms with Crippen LogP contribution in [0, 0.1) is 11.7 Å². The molecule has 1 aromatic rings. The zero-order valence-corrected chi connectivity index (χ0v) is 12.5. The molecule has 0 heterocycles. The molecule has 2 nitrogen and oxygen atoms in total. The van der Waals surface area contributed by atoms with Gasteiger partial charge in [0.2, 0.25) is 0 Å². The minimum absolute atomic E-state index is 0.202. The quantitative estimate of drug-likeness (QED) is 0.779. The highest BCUT2D eigenvalue weighted by Gasteiger charge is 2.12. The largest absolute Gasteiger partial charge is 0.326 e. The highest BCUT2D eigenvalue weighted by atomic mass is 19.1. The second kappa shape index (κ2) is 8.28. The predicted octanol–water partition coefficient (Wildman–Crippen LogP) is 3.54. The summed E-state index contributed by atoms with van der Waals surface area (Å²) in [6.45, 7) is 10.0. The number of hydrogen-bond donors (Lipinski definition) is 1. The van der Waals surface area contributed by atoms with Gasteiger partial charge in [-0.3, -0.25) is 4.90 Å². The van der Waals surface area contributed by atoms with E-state index in [4.69, 9.17) is 5.73 Å². The summed E-state index contributed by atoms with van der Waals surface area (Å²) in [6.07, 6.45) is 2.42. The van der Waals surface area contributed by atoms with Crippen LogP contribution in [-0.4, -0.2) is 18.0 Å². The fourth-order valence-electron chi connectivity index (χ4n) is 2.40. The van der Waals surface area contributed by atoms with Crippen molar-refractivity contribution >= 4 is 0 Å². The summed E-state index contributed by atoms with van der Waals surface area (Å²) in [5.41, 5.74) is 7.77. The topological polar surface area (TPSA) is 29.3 Å². The molecule has 0 spiro atoms. The maximum absolute atomic E-state index is 13.2. The summed E-state index contributed by atoms with van der Waals surface area (Å²) >= 11 is 0. The van der Waals surface area contributed by atoms with Gasteiger partial charge in [0.15, 0.2) is 0 Å². The Labute approximate surface area is 116 Å². The van der Waals surface area contributed by atoms with Crippen molar-refractivity contribution in [1.29, 1.82) is 0 Å². The Morgan fingerprint density at radius 2 is 1.84 bits per heavy atom. The fourth-order valence-corrected chi connectivity index (χ4v) is 2.40. The second-order valence-corrected chi connectivity index (χ2v) is 5.13. The summed E-state index contributed by atoms with van der Waals surface area (Å²) in [7, 11) is 0. The average Bonchev–Trinajstić information content (AvgIpc) is 2.44. The molecule has 0 aliphatic heterocycles. The molecule has 1 aromatic carbocycles. The van der Waals surface area contributed by atoms with E-state index in [0.29, 0.717) is 6.54 Å². The molecule has 0 bridgehead atoms. The molecule has 1 rings (SSSR count). The number of nitrogens with zero attached hydrogens (tertiary/aromatic N) is 1. The van der Waals surface area contributed by atoms with Crippen molar-refractivity contribution in [2.24, 2.45) is 11.7 Å². The third kappa shape index (κ3) is 4.92. The zero-order chi connectivity index (χ0) is 14.3. The third-order valence-electron chi connectivity index (χ3n) is 3.90. The molecule has 0 amide bonds. The van der Waals surface area contributed by atoms with Crippen molar-refractivity contribution < 1.29 is 4.39 Å². The summed E-state index contributed by atoms with van der Waals surface area (Å²) < 4.78 is 13.2. The molecule has 0 fully saturated rings. The van der Waals surface area contributed by atoms with Gasteiger partial charge in [-0.05, 0) is 35.7 Å². The lowest BCUT2D eigenvalue weighted by Crippen LogP contribution is -2.29. The number of nitrogens with two attached hydrogens (primary N) is 1. The summed E-state index contributed by atoms with van der Waals surface area (Å²) in [4.78, 5) is 2.42. The molecule has 0 unspecified atom stereocenters. The second-order valence-electron chi connectivity index (χ2n) is 5.13. The van der Waals surface area contributed by atoms with Crippen LogP contribution in [0.4, 0.5) is 4.39 Å². The molecule has 0 saturated heterocycles. The van der Waals surface area contributed by atoms with Crippen LogP contribution in [0.1, 0.15) is 44.7 Å². The third-order valence-corrected chi connectivity index (χ3v) is 3.90. The Bertz CT molecular complexity index is 375. The van der Waals surface area contributed by atoms with Crippen molar-refractivity contribution in [2.45, 2.75) is 46.7 Å². The van der Waals surface area contributed by atoms with E-state index in [0.717, 1.165) is 36.7 Å². The Hall–Kier alpha value is -0.930. The molecule has 19 heavy (non-hydrogen) atoms. The zero-order valence-electron chi connectivity index (χ0n) is 12.5. The van der Waals surface area contributed by atoms with Crippen LogP contribution in [0.15, 0.2) is 18.2 Å². The van der Waals surface area contributed by atoms with Gasteiger partial charge >= 0.3 is 0 Å². The molecule has 0 aromatic heterocycles. The van der Waals surface area contributed by atoms with Crippen LogP contribution in [0.5, 0.6) is 0 Å². The van der Waals surface area contributed by atoms with Crippen LogP contribution in [-0.2, 0) is 13.1 Å². The van der Waals surface area contributed by atoms with Crippen molar-refractivity contribution in [1.82, 2.24) is 4.90 Å². The maximum Gasteiger partial charge on any atom is 0.123 e. The molecule has 0 radical (unpaired) electrons. The van der Waals surface area contributed by atoms with Gasteiger partial charge in [0.05, 0.1) is 0 Å². The first-order chi connectivity index (χ1) is 9.14. The molecular formula is C16H27FN2. The van der Waals surface area contributed by atoms with Gasteiger partial charge in [-0.1, -0.05) is 39.7 Å². The Morgan fingerprint density at radius 1 is 1.16 bits per heavy atom. The van der Waals surface area contributed by atoms with E-state index in [9.17, 15) is 4.39 Å². The monoisotopic (exact) mass is 266 g/mol. The molecule has 2 N–H and O–H groups in total. The Balaban J connectivity index is 2.75. The standard InChI is InChI=1S/C16H27FN2/c1-4-13(5-2)11-19(6-3)12-14-7-8-16(17)9-15(14)10-18/h7-9,13H,4-6,10-12,18H2,1-3H3. The Kier molecular flexibility index (Phi) is 7.03. The van der Waals surface area contributed by atoms with Crippen molar-refractivity contribution in [3.05, 3.63) is 35.1 Å². The van der Waals surface area contributed by atoms with Gasteiger partial charge in [-0.15, -0.1) is 0 Å². The van der Waals surface area contributed by atoms with Crippen LogP contribution < -0.4 is 5.73 Å². The fraction of sp³-hybridized carbons (Fsp3) is 0.625. The highest BCUT2D eigenvalue weighted by Crippen LogP contribution is 2.16. The van der Waals surface area contributed by atoms with Gasteiger partial charge in [0, 0.05) is 19.6 Å². The van der Waals surface area contributed by atoms with Gasteiger partial charge in [0.1, 0.15) is 5.82 Å². The van der Waals surface area contributed by atoms with Crippen molar-refractivity contribution in [3.63, 3.8) is 0 Å². The summed E-state index contributed by atoms with van der Waals surface area (Å²) in [6, 6.07) is 4.95. The van der Waals surface area contributed by atoms with E-state index in [2.05, 4.69) is 25.7 Å². The number of halogens is 1. The minimum Gasteiger partial charge on any atom is -0.326 e. The van der Waals surface area contributed by atoms with Crippen molar-refractivity contribution in [2.75, 3.05) is 13.1 Å². The molecule has 0 aliphatic rings. The minimum atomic E-state index is -0.202. The van der Waals surface area contributed by atoms with Crippen LogP contribution >= 0.6 is 0 Å². The van der Waals surface area contributed by atoms with Gasteiger partial charge in [-0.25, -0.2) is 4.39 Å². The lowest BCUT2D eigenvalue weighted by atomic mass is 10.0. The normalized spacial score (nSPS) is 11.5. The molecule has 3 heteroatoms. The predicted molar refractivity (Wildman–Crippen MR) is 79.3 cm³/mol. The van der Waals surface area contributed by atoms with Crippen LogP contribution in [0.25, 0.3) is 0 Å². The van der Waals surface area contributed by atoms with E-state index >= 15 is 0 Å². The van der Waals surface area contributed by atoms with Gasteiger partial charge in [-0.2, -0.15) is 0 Å². The first-order valence-electron chi connectivity index (χ1n) is 7.34. The lowest BCUT2D eigenvalue weighted by Gasteiger charge is -2.26. The van der Waals surface area contributed by atoms with E-state index < -0.39 is 0 Å². The SMILES string of the molecule is CCC(CC)CN(CC)Cc1ccc(F)cc1CN. The molecule has 0 aliphatic carbocycles. The van der Waals surface area contributed by atoms with Crippen LogP contribution in [0.3, 0.4) is 0 Å². The van der Waals surface area contributed by atoms with Gasteiger partial charge in [0.25, 0.3) is 0 Å².